The average Bonchev–Trinajstić information content (AvgIpc) is 2.85. The quantitative estimate of drug-likeness (QED) is 0.797. The third kappa shape index (κ3) is 2.42. The number of amides is 2. The van der Waals surface area contributed by atoms with Gasteiger partial charge < -0.3 is 14.2 Å². The summed E-state index contributed by atoms with van der Waals surface area (Å²) in [5.41, 5.74) is 0.476. The molecule has 1 aromatic carbocycles. The van der Waals surface area contributed by atoms with Crippen LogP contribution < -0.4 is 19.1 Å². The molecular formula is C17H21NO5. The number of hydrogen-bond acceptors (Lipinski definition) is 5. The fraction of sp³-hybridized carbons (Fsp3) is 0.529. The molecule has 23 heavy (non-hydrogen) atoms. The van der Waals surface area contributed by atoms with Crippen LogP contribution in [0.25, 0.3) is 0 Å². The topological polar surface area (TPSA) is 65.1 Å². The van der Waals surface area contributed by atoms with Crippen LogP contribution in [0.2, 0.25) is 0 Å². The van der Waals surface area contributed by atoms with Crippen LogP contribution in [0.1, 0.15) is 25.7 Å². The fourth-order valence-corrected chi connectivity index (χ4v) is 3.61. The first-order valence-electron chi connectivity index (χ1n) is 7.80. The smallest absolute Gasteiger partial charge is 0.237 e. The standard InChI is InChI=1S/C17H21NO5/c1-21-13-8-10(9-14(22-2)15(13)23-3)18-16(19)11-6-4-5-7-12(11)17(18)20/h8-9,11-12H,4-7H2,1-3H3. The second-order valence-electron chi connectivity index (χ2n) is 5.89. The minimum absolute atomic E-state index is 0.117. The number of fused-ring (bicyclic) bond motifs is 1. The van der Waals surface area contributed by atoms with Crippen LogP contribution in [0, 0.1) is 11.8 Å². The molecule has 1 aromatic rings. The van der Waals surface area contributed by atoms with Crippen molar-refractivity contribution < 1.29 is 23.8 Å². The molecule has 2 unspecified atom stereocenters. The minimum atomic E-state index is -0.185. The first-order chi connectivity index (χ1) is 11.1. The molecule has 1 heterocycles. The highest BCUT2D eigenvalue weighted by Gasteiger charge is 2.49. The molecule has 2 aliphatic rings. The third-order valence-electron chi connectivity index (χ3n) is 4.75. The van der Waals surface area contributed by atoms with E-state index in [1.165, 1.54) is 26.2 Å². The van der Waals surface area contributed by atoms with Gasteiger partial charge in [-0.25, -0.2) is 4.90 Å². The molecule has 0 bridgehead atoms. The van der Waals surface area contributed by atoms with Gasteiger partial charge in [-0.15, -0.1) is 0 Å². The zero-order valence-corrected chi connectivity index (χ0v) is 13.6. The number of nitrogens with zero attached hydrogens (tertiary/aromatic N) is 1. The number of methoxy groups -OCH3 is 3. The Balaban J connectivity index is 2.04. The van der Waals surface area contributed by atoms with Gasteiger partial charge in [-0.2, -0.15) is 0 Å². The lowest BCUT2D eigenvalue weighted by molar-refractivity contribution is -0.122. The first kappa shape index (κ1) is 15.6. The van der Waals surface area contributed by atoms with Gasteiger partial charge >= 0.3 is 0 Å². The predicted molar refractivity (Wildman–Crippen MR) is 84.0 cm³/mol. The Morgan fingerprint density at radius 2 is 1.35 bits per heavy atom. The van der Waals surface area contributed by atoms with E-state index in [1.807, 2.05) is 0 Å². The van der Waals surface area contributed by atoms with Gasteiger partial charge in [0.25, 0.3) is 0 Å². The van der Waals surface area contributed by atoms with Crippen LogP contribution in [0.3, 0.4) is 0 Å². The lowest BCUT2D eigenvalue weighted by Crippen LogP contribution is -2.30. The van der Waals surface area contributed by atoms with E-state index in [4.69, 9.17) is 14.2 Å². The molecule has 6 heteroatoms. The van der Waals surface area contributed by atoms with Crippen molar-refractivity contribution in [3.8, 4) is 17.2 Å². The van der Waals surface area contributed by atoms with E-state index in [2.05, 4.69) is 0 Å². The molecule has 2 fully saturated rings. The van der Waals surface area contributed by atoms with E-state index in [9.17, 15) is 9.59 Å². The van der Waals surface area contributed by atoms with E-state index >= 15 is 0 Å². The number of benzene rings is 1. The molecule has 3 rings (SSSR count). The van der Waals surface area contributed by atoms with Gasteiger partial charge in [0.05, 0.1) is 38.9 Å². The summed E-state index contributed by atoms with van der Waals surface area (Å²) in [5.74, 6) is 0.693. The number of carbonyl (C=O) groups is 2. The van der Waals surface area contributed by atoms with E-state index in [0.29, 0.717) is 22.9 Å². The number of rotatable bonds is 4. The van der Waals surface area contributed by atoms with Crippen LogP contribution in [0.4, 0.5) is 5.69 Å². The van der Waals surface area contributed by atoms with Gasteiger partial charge in [-0.05, 0) is 12.8 Å². The Kier molecular flexibility index (Phi) is 4.15. The van der Waals surface area contributed by atoms with Gasteiger partial charge in [-0.1, -0.05) is 12.8 Å². The molecule has 0 aromatic heterocycles. The van der Waals surface area contributed by atoms with Gasteiger partial charge in [0.15, 0.2) is 11.5 Å². The van der Waals surface area contributed by atoms with Crippen LogP contribution in [-0.2, 0) is 9.59 Å². The van der Waals surface area contributed by atoms with Crippen LogP contribution in [0.5, 0.6) is 17.2 Å². The monoisotopic (exact) mass is 319 g/mol. The van der Waals surface area contributed by atoms with Gasteiger partial charge in [0.2, 0.25) is 17.6 Å². The van der Waals surface area contributed by atoms with Crippen molar-refractivity contribution in [2.45, 2.75) is 25.7 Å². The molecular weight excluding hydrogens is 298 g/mol. The van der Waals surface area contributed by atoms with E-state index in [-0.39, 0.29) is 23.7 Å². The molecule has 1 saturated carbocycles. The van der Waals surface area contributed by atoms with Gasteiger partial charge in [0.1, 0.15) is 0 Å². The predicted octanol–water partition coefficient (Wildman–Crippen LogP) is 2.39. The molecule has 6 nitrogen and oxygen atoms in total. The van der Waals surface area contributed by atoms with E-state index < -0.39 is 0 Å². The van der Waals surface area contributed by atoms with Crippen LogP contribution >= 0.6 is 0 Å². The maximum atomic E-state index is 12.7. The molecule has 1 aliphatic carbocycles. The average molecular weight is 319 g/mol. The molecule has 0 N–H and O–H groups in total. The number of carbonyl (C=O) groups excluding carboxylic acids is 2. The summed E-state index contributed by atoms with van der Waals surface area (Å²) in [5, 5.41) is 0. The lowest BCUT2D eigenvalue weighted by Gasteiger charge is -2.19. The molecule has 124 valence electrons. The number of imide groups is 1. The van der Waals surface area contributed by atoms with Crippen molar-refractivity contribution in [2.24, 2.45) is 11.8 Å². The molecule has 1 aliphatic heterocycles. The summed E-state index contributed by atoms with van der Waals surface area (Å²) in [6.45, 7) is 0. The summed E-state index contributed by atoms with van der Waals surface area (Å²) in [6, 6.07) is 3.29. The van der Waals surface area contributed by atoms with Gasteiger partial charge in [0, 0.05) is 12.1 Å². The third-order valence-corrected chi connectivity index (χ3v) is 4.75. The Hall–Kier alpha value is -2.24. The Bertz CT molecular complexity index is 593. The zero-order chi connectivity index (χ0) is 16.6. The first-order valence-corrected chi connectivity index (χ1v) is 7.80. The van der Waals surface area contributed by atoms with E-state index in [1.54, 1.807) is 12.1 Å². The normalized spacial score (nSPS) is 23.7. The highest BCUT2D eigenvalue weighted by molar-refractivity contribution is 6.22. The summed E-state index contributed by atoms with van der Waals surface area (Å²) in [4.78, 5) is 26.7. The molecule has 2 atom stereocenters. The molecule has 0 spiro atoms. The van der Waals surface area contributed by atoms with Crippen molar-refractivity contribution in [3.63, 3.8) is 0 Å². The second kappa shape index (κ2) is 6.10. The summed E-state index contributed by atoms with van der Waals surface area (Å²) >= 11 is 0. The van der Waals surface area contributed by atoms with Crippen molar-refractivity contribution >= 4 is 17.5 Å². The van der Waals surface area contributed by atoms with Crippen LogP contribution in [0.15, 0.2) is 12.1 Å². The molecule has 0 radical (unpaired) electrons. The largest absolute Gasteiger partial charge is 0.493 e. The maximum Gasteiger partial charge on any atom is 0.237 e. The maximum absolute atomic E-state index is 12.7. The SMILES string of the molecule is COc1cc(N2C(=O)C3CCCCC3C2=O)cc(OC)c1OC. The highest BCUT2D eigenvalue weighted by atomic mass is 16.5. The molecule has 2 amide bonds. The fourth-order valence-electron chi connectivity index (χ4n) is 3.61. The highest BCUT2D eigenvalue weighted by Crippen LogP contribution is 2.45. The number of ether oxygens (including phenoxy) is 3. The van der Waals surface area contributed by atoms with Crippen molar-refractivity contribution in [2.75, 3.05) is 26.2 Å². The lowest BCUT2D eigenvalue weighted by atomic mass is 9.81. The van der Waals surface area contributed by atoms with Crippen molar-refractivity contribution in [3.05, 3.63) is 12.1 Å². The van der Waals surface area contributed by atoms with Crippen LogP contribution in [-0.4, -0.2) is 33.1 Å². The Morgan fingerprint density at radius 1 is 0.870 bits per heavy atom. The Labute approximate surface area is 135 Å². The van der Waals surface area contributed by atoms with Gasteiger partial charge in [-0.3, -0.25) is 9.59 Å². The minimum Gasteiger partial charge on any atom is -0.493 e. The van der Waals surface area contributed by atoms with Crippen molar-refractivity contribution in [1.29, 1.82) is 0 Å². The Morgan fingerprint density at radius 3 is 1.74 bits per heavy atom. The summed E-state index contributed by atoms with van der Waals surface area (Å²) in [7, 11) is 4.53. The number of hydrogen-bond donors (Lipinski definition) is 0. The van der Waals surface area contributed by atoms with E-state index in [0.717, 1.165) is 25.7 Å². The number of anilines is 1. The second-order valence-corrected chi connectivity index (χ2v) is 5.89. The zero-order valence-electron chi connectivity index (χ0n) is 13.6. The van der Waals surface area contributed by atoms with Crippen molar-refractivity contribution in [1.82, 2.24) is 0 Å². The molecule has 1 saturated heterocycles. The summed E-state index contributed by atoms with van der Waals surface area (Å²) < 4.78 is 15.9. The summed E-state index contributed by atoms with van der Waals surface area (Å²) in [6.07, 6.45) is 3.58.